The highest BCUT2D eigenvalue weighted by atomic mass is 32.1. The van der Waals surface area contributed by atoms with Gasteiger partial charge in [-0.1, -0.05) is 52.0 Å². The number of amides is 1. The average Bonchev–Trinajstić information content (AvgIpc) is 2.99. The lowest BCUT2D eigenvalue weighted by molar-refractivity contribution is 0.103. The first-order valence-corrected chi connectivity index (χ1v) is 7.14. The molecule has 0 aliphatic heterocycles. The Kier molecular flexibility index (Phi) is 9.60. The van der Waals surface area contributed by atoms with E-state index in [-0.39, 0.29) is 7.33 Å². The van der Waals surface area contributed by atoms with Crippen LogP contribution in [-0.4, -0.2) is 5.91 Å². The van der Waals surface area contributed by atoms with Crippen molar-refractivity contribution in [3.8, 4) is 0 Å². The van der Waals surface area contributed by atoms with Gasteiger partial charge in [-0.3, -0.25) is 4.79 Å². The van der Waals surface area contributed by atoms with Gasteiger partial charge in [0.15, 0.2) is 0 Å². The number of rotatable bonds is 2. The molecule has 2 rings (SSSR count). The monoisotopic (exact) mass is 265 g/mol. The van der Waals surface area contributed by atoms with Gasteiger partial charge >= 0.3 is 0 Å². The summed E-state index contributed by atoms with van der Waals surface area (Å²) in [4.78, 5) is 12.3. The molecule has 0 aliphatic rings. The van der Waals surface area contributed by atoms with E-state index in [9.17, 15) is 4.79 Å². The molecule has 1 aromatic heterocycles. The molecule has 0 unspecified atom stereocenters. The molecule has 100 valence electrons. The van der Waals surface area contributed by atoms with E-state index in [4.69, 9.17) is 0 Å². The highest BCUT2D eigenvalue weighted by Gasteiger charge is 2.05. The molecular weight excluding hydrogens is 242 g/mol. The molecule has 0 spiro atoms. The number of carbonyl (C=O) groups excluding carboxylic acids is 1. The molecule has 0 bridgehead atoms. The van der Waals surface area contributed by atoms with E-state index < -0.39 is 0 Å². The van der Waals surface area contributed by atoms with Crippen LogP contribution >= 0.6 is 11.3 Å². The Balaban J connectivity index is 0. The number of para-hydroxylation sites is 1. The van der Waals surface area contributed by atoms with Gasteiger partial charge in [0.05, 0.1) is 4.88 Å². The van der Waals surface area contributed by atoms with E-state index in [0.717, 1.165) is 10.6 Å². The molecule has 1 heterocycles. The molecule has 0 fully saturated rings. The second-order valence-corrected chi connectivity index (χ2v) is 3.75. The van der Waals surface area contributed by atoms with E-state index in [1.165, 1.54) is 11.3 Å². The highest BCUT2D eigenvalue weighted by molar-refractivity contribution is 7.12. The van der Waals surface area contributed by atoms with Gasteiger partial charge in [0.25, 0.3) is 5.91 Å². The molecule has 0 saturated heterocycles. The second kappa shape index (κ2) is 10.5. The average molecular weight is 265 g/mol. The van der Waals surface area contributed by atoms with Crippen molar-refractivity contribution in [1.29, 1.82) is 0 Å². The zero-order valence-corrected chi connectivity index (χ0v) is 12.3. The number of carbonyl (C=O) groups is 1. The smallest absolute Gasteiger partial charge is 0.265 e. The number of anilines is 1. The minimum atomic E-state index is -0.0498. The van der Waals surface area contributed by atoms with Crippen LogP contribution in [0, 0.1) is 0 Å². The Morgan fingerprint density at radius 2 is 1.61 bits per heavy atom. The normalized spacial score (nSPS) is 8.22. The van der Waals surface area contributed by atoms with Crippen molar-refractivity contribution < 1.29 is 6.22 Å². The standard InChI is InChI=1S/C11H9NOS.2C2H6.H2/c13-11(10-7-4-8-14-10)12-9-5-2-1-3-6-9;2*1-2;/h1-8H,(H,12,13);2*1-2H3;1H. The van der Waals surface area contributed by atoms with Gasteiger partial charge in [0.2, 0.25) is 0 Å². The number of hydrogen-bond donors (Lipinski definition) is 1. The van der Waals surface area contributed by atoms with Crippen molar-refractivity contribution >= 4 is 22.9 Å². The van der Waals surface area contributed by atoms with Crippen molar-refractivity contribution in [2.24, 2.45) is 0 Å². The molecule has 18 heavy (non-hydrogen) atoms. The third-order valence-electron chi connectivity index (χ3n) is 1.78. The van der Waals surface area contributed by atoms with Crippen molar-refractivity contribution in [2.75, 3.05) is 5.32 Å². The molecule has 0 aliphatic carbocycles. The molecule has 3 heteroatoms. The van der Waals surface area contributed by atoms with Crippen LogP contribution in [0.15, 0.2) is 47.8 Å². The largest absolute Gasteiger partial charge is 0.321 e. The SMILES string of the molecule is CC.CC.O=C(Nc1ccccc1)c1cccs1.[HH]. The molecule has 2 nitrogen and oxygen atoms in total. The van der Waals surface area contributed by atoms with Crippen LogP contribution in [0.2, 0.25) is 0 Å². The summed E-state index contributed by atoms with van der Waals surface area (Å²) in [7, 11) is 0. The fourth-order valence-corrected chi connectivity index (χ4v) is 1.74. The van der Waals surface area contributed by atoms with E-state index in [0.29, 0.717) is 0 Å². The Morgan fingerprint density at radius 1 is 1.00 bits per heavy atom. The third-order valence-corrected chi connectivity index (χ3v) is 2.65. The quantitative estimate of drug-likeness (QED) is 0.784. The minimum absolute atomic E-state index is 0. The van der Waals surface area contributed by atoms with Gasteiger partial charge in [-0.2, -0.15) is 0 Å². The molecule has 1 aromatic carbocycles. The Hall–Kier alpha value is -1.61. The van der Waals surface area contributed by atoms with Crippen molar-refractivity contribution in [3.05, 3.63) is 52.7 Å². The fraction of sp³-hybridized carbons (Fsp3) is 0.267. The van der Waals surface area contributed by atoms with Gasteiger partial charge in [-0.25, -0.2) is 0 Å². The number of nitrogens with one attached hydrogen (secondary N) is 1. The Bertz CT molecular complexity index is 415. The van der Waals surface area contributed by atoms with Crippen LogP contribution in [0.1, 0.15) is 38.8 Å². The zero-order chi connectivity index (χ0) is 13.8. The highest BCUT2D eigenvalue weighted by Crippen LogP contribution is 2.12. The van der Waals surface area contributed by atoms with Crippen molar-refractivity contribution in [2.45, 2.75) is 27.7 Å². The minimum Gasteiger partial charge on any atom is -0.321 e. The number of thiophene rings is 1. The summed E-state index contributed by atoms with van der Waals surface area (Å²) < 4.78 is 0. The first-order chi connectivity index (χ1) is 8.86. The van der Waals surface area contributed by atoms with Crippen molar-refractivity contribution in [3.63, 3.8) is 0 Å². The van der Waals surface area contributed by atoms with E-state index in [1.54, 1.807) is 0 Å². The van der Waals surface area contributed by atoms with Gasteiger partial charge in [0, 0.05) is 7.11 Å². The topological polar surface area (TPSA) is 29.1 Å². The van der Waals surface area contributed by atoms with Crippen LogP contribution in [0.5, 0.6) is 0 Å². The number of hydrogen-bond acceptors (Lipinski definition) is 2. The lowest BCUT2D eigenvalue weighted by Gasteiger charge is -2.01. The van der Waals surface area contributed by atoms with Crippen LogP contribution in [-0.2, 0) is 0 Å². The molecule has 0 atom stereocenters. The molecule has 0 saturated carbocycles. The predicted octanol–water partition coefficient (Wildman–Crippen LogP) is 5.30. The van der Waals surface area contributed by atoms with Crippen LogP contribution in [0.25, 0.3) is 0 Å². The van der Waals surface area contributed by atoms with Crippen molar-refractivity contribution in [1.82, 2.24) is 0 Å². The number of benzene rings is 1. The molecule has 1 amide bonds. The lowest BCUT2D eigenvalue weighted by Crippen LogP contribution is -2.09. The van der Waals surface area contributed by atoms with E-state index in [2.05, 4.69) is 5.32 Å². The van der Waals surface area contributed by atoms with Crippen LogP contribution in [0.4, 0.5) is 5.69 Å². The van der Waals surface area contributed by atoms with Gasteiger partial charge in [0.1, 0.15) is 0 Å². The molecule has 2 aromatic rings. The molecular formula is C15H23NOS. The summed E-state index contributed by atoms with van der Waals surface area (Å²) in [6, 6.07) is 13.1. The van der Waals surface area contributed by atoms with E-state index in [1.807, 2.05) is 75.5 Å². The Labute approximate surface area is 115 Å². The maximum atomic E-state index is 11.6. The zero-order valence-electron chi connectivity index (χ0n) is 11.4. The lowest BCUT2D eigenvalue weighted by atomic mass is 10.3. The predicted molar refractivity (Wildman–Crippen MR) is 83.5 cm³/mol. The maximum absolute atomic E-state index is 11.6. The van der Waals surface area contributed by atoms with Crippen LogP contribution in [0.3, 0.4) is 0 Å². The first kappa shape index (κ1) is 16.4. The summed E-state index contributed by atoms with van der Waals surface area (Å²) in [5.41, 5.74) is 0.825. The van der Waals surface area contributed by atoms with Gasteiger partial charge in [-0.05, 0) is 23.6 Å². The summed E-state index contributed by atoms with van der Waals surface area (Å²) in [6.45, 7) is 8.00. The van der Waals surface area contributed by atoms with Crippen LogP contribution < -0.4 is 5.32 Å². The van der Waals surface area contributed by atoms with E-state index >= 15 is 0 Å². The molecule has 0 radical (unpaired) electrons. The summed E-state index contributed by atoms with van der Waals surface area (Å²) in [6.07, 6.45) is 0. The van der Waals surface area contributed by atoms with Gasteiger partial charge in [-0.15, -0.1) is 11.3 Å². The fourth-order valence-electron chi connectivity index (χ4n) is 1.12. The summed E-state index contributed by atoms with van der Waals surface area (Å²) >= 11 is 1.44. The maximum Gasteiger partial charge on any atom is 0.265 e. The third kappa shape index (κ3) is 5.64. The second-order valence-electron chi connectivity index (χ2n) is 2.80. The molecule has 1 N–H and O–H groups in total. The summed E-state index contributed by atoms with van der Waals surface area (Å²) in [5.74, 6) is -0.0498. The van der Waals surface area contributed by atoms with Gasteiger partial charge < -0.3 is 5.32 Å². The summed E-state index contributed by atoms with van der Waals surface area (Å²) in [5, 5.41) is 4.70. The first-order valence-electron chi connectivity index (χ1n) is 6.26. The Morgan fingerprint density at radius 3 is 2.11 bits per heavy atom.